The van der Waals surface area contributed by atoms with Crippen molar-refractivity contribution in [3.8, 4) is 11.4 Å². The molecule has 0 bridgehead atoms. The molecule has 1 aromatic carbocycles. The van der Waals surface area contributed by atoms with Crippen molar-refractivity contribution in [2.45, 2.75) is 31.6 Å². The van der Waals surface area contributed by atoms with E-state index in [9.17, 15) is 0 Å². The zero-order chi connectivity index (χ0) is 14.9. The molecule has 1 N–H and O–H groups in total. The summed E-state index contributed by atoms with van der Waals surface area (Å²) in [4.78, 5) is 4.64. The summed E-state index contributed by atoms with van der Waals surface area (Å²) in [6.07, 6.45) is 3.21. The number of hydrogen-bond donors (Lipinski definition) is 1. The zero-order valence-corrected chi connectivity index (χ0v) is 14.2. The van der Waals surface area contributed by atoms with Crippen LogP contribution >= 0.6 is 27.5 Å². The average molecular weight is 371 g/mol. The van der Waals surface area contributed by atoms with Crippen LogP contribution in [0.1, 0.15) is 32.1 Å². The maximum atomic E-state index is 6.02. The average Bonchev–Trinajstić information content (AvgIpc) is 3.01. The van der Waals surface area contributed by atoms with E-state index < -0.39 is 0 Å². The van der Waals surface area contributed by atoms with E-state index in [4.69, 9.17) is 16.1 Å². The van der Waals surface area contributed by atoms with E-state index in [2.05, 4.69) is 38.3 Å². The van der Waals surface area contributed by atoms with Crippen molar-refractivity contribution in [2.75, 3.05) is 13.1 Å². The van der Waals surface area contributed by atoms with Crippen LogP contribution in [0, 0.1) is 0 Å². The number of piperidine rings is 1. The lowest BCUT2D eigenvalue weighted by Crippen LogP contribution is -2.43. The van der Waals surface area contributed by atoms with E-state index in [1.807, 2.05) is 18.2 Å². The molecular weight excluding hydrogens is 354 g/mol. The summed E-state index contributed by atoms with van der Waals surface area (Å²) in [5.41, 5.74) is 0.865. The minimum Gasteiger partial charge on any atom is -0.338 e. The third-order valence-corrected chi connectivity index (χ3v) is 5.42. The topological polar surface area (TPSA) is 51.0 Å². The van der Waals surface area contributed by atoms with Gasteiger partial charge >= 0.3 is 0 Å². The summed E-state index contributed by atoms with van der Waals surface area (Å²) >= 11 is 9.44. The van der Waals surface area contributed by atoms with Gasteiger partial charge in [-0.15, -0.1) is 0 Å². The van der Waals surface area contributed by atoms with E-state index in [1.54, 1.807) is 0 Å². The number of aromatic nitrogens is 2. The van der Waals surface area contributed by atoms with Gasteiger partial charge in [0.2, 0.25) is 11.7 Å². The molecule has 2 aromatic rings. The molecule has 21 heavy (non-hydrogen) atoms. The Labute approximate surface area is 137 Å². The second-order valence-electron chi connectivity index (χ2n) is 5.47. The van der Waals surface area contributed by atoms with Gasteiger partial charge in [-0.05, 0) is 59.9 Å². The maximum Gasteiger partial charge on any atom is 0.234 e. The lowest BCUT2D eigenvalue weighted by molar-refractivity contribution is 0.221. The summed E-state index contributed by atoms with van der Waals surface area (Å²) in [5.74, 6) is 1.35. The Morgan fingerprint density at radius 2 is 2.33 bits per heavy atom. The van der Waals surface area contributed by atoms with Crippen LogP contribution in [-0.4, -0.2) is 23.2 Å². The first kappa shape index (κ1) is 15.0. The Hall–Kier alpha value is -0.910. The zero-order valence-electron chi connectivity index (χ0n) is 11.8. The molecule has 1 aliphatic heterocycles. The Morgan fingerprint density at radius 3 is 3.00 bits per heavy atom. The molecule has 3 rings (SSSR count). The number of hydrogen-bond acceptors (Lipinski definition) is 4. The number of nitrogens with one attached hydrogen (secondary N) is 1. The predicted molar refractivity (Wildman–Crippen MR) is 86.5 cm³/mol. The van der Waals surface area contributed by atoms with E-state index in [1.165, 1.54) is 0 Å². The second kappa shape index (κ2) is 6.07. The summed E-state index contributed by atoms with van der Waals surface area (Å²) in [6.45, 7) is 4.14. The Bertz CT molecular complexity index is 638. The lowest BCUT2D eigenvalue weighted by Gasteiger charge is -2.33. The highest BCUT2D eigenvalue weighted by Crippen LogP contribution is 2.35. The summed E-state index contributed by atoms with van der Waals surface area (Å²) < 4.78 is 6.40. The number of benzene rings is 1. The molecule has 0 saturated carbocycles. The van der Waals surface area contributed by atoms with Gasteiger partial charge in [-0.25, -0.2) is 0 Å². The Balaban J connectivity index is 1.93. The first-order valence-electron chi connectivity index (χ1n) is 7.15. The molecule has 1 aliphatic rings. The maximum absolute atomic E-state index is 6.02. The summed E-state index contributed by atoms with van der Waals surface area (Å²) in [7, 11) is 0. The van der Waals surface area contributed by atoms with Gasteiger partial charge in [0.15, 0.2) is 0 Å². The van der Waals surface area contributed by atoms with Crippen LogP contribution in [0.4, 0.5) is 0 Å². The summed E-state index contributed by atoms with van der Waals surface area (Å²) in [6, 6.07) is 5.64. The summed E-state index contributed by atoms with van der Waals surface area (Å²) in [5, 5.41) is 8.26. The van der Waals surface area contributed by atoms with Gasteiger partial charge in [-0.2, -0.15) is 4.98 Å². The molecule has 1 fully saturated rings. The van der Waals surface area contributed by atoms with Gasteiger partial charge in [-0.3, -0.25) is 0 Å². The van der Waals surface area contributed by atoms with E-state index in [0.717, 1.165) is 48.3 Å². The van der Waals surface area contributed by atoms with Crippen molar-refractivity contribution in [2.24, 2.45) is 0 Å². The van der Waals surface area contributed by atoms with Crippen LogP contribution in [0.2, 0.25) is 5.02 Å². The third kappa shape index (κ3) is 2.87. The fourth-order valence-electron chi connectivity index (χ4n) is 2.79. The quantitative estimate of drug-likeness (QED) is 0.880. The molecule has 0 aliphatic carbocycles. The van der Waals surface area contributed by atoms with Crippen LogP contribution in [0.25, 0.3) is 11.4 Å². The van der Waals surface area contributed by atoms with Crippen LogP contribution in [-0.2, 0) is 5.41 Å². The van der Waals surface area contributed by atoms with Crippen LogP contribution in [0.15, 0.2) is 27.2 Å². The van der Waals surface area contributed by atoms with Crippen molar-refractivity contribution >= 4 is 27.5 Å². The van der Waals surface area contributed by atoms with Crippen molar-refractivity contribution in [1.82, 2.24) is 15.5 Å². The van der Waals surface area contributed by atoms with Crippen molar-refractivity contribution < 1.29 is 4.52 Å². The molecule has 1 unspecified atom stereocenters. The fourth-order valence-corrected chi connectivity index (χ4v) is 3.29. The van der Waals surface area contributed by atoms with E-state index >= 15 is 0 Å². The first-order valence-corrected chi connectivity index (χ1v) is 8.32. The molecule has 0 amide bonds. The standard InChI is InChI=1S/C15H17BrClN3O/c1-2-15(6-3-7-18-9-15)14-19-13(20-21-14)10-4-5-12(17)11(16)8-10/h4-5,8,18H,2-3,6-7,9H2,1H3. The highest BCUT2D eigenvalue weighted by atomic mass is 79.9. The van der Waals surface area contributed by atoms with Gasteiger partial charge in [0.1, 0.15) is 0 Å². The molecule has 1 saturated heterocycles. The van der Waals surface area contributed by atoms with Crippen molar-refractivity contribution in [1.29, 1.82) is 0 Å². The van der Waals surface area contributed by atoms with Gasteiger partial charge in [0.05, 0.1) is 10.4 Å². The molecule has 2 heterocycles. The first-order chi connectivity index (χ1) is 10.1. The molecule has 1 aromatic heterocycles. The van der Waals surface area contributed by atoms with Crippen molar-refractivity contribution in [3.63, 3.8) is 0 Å². The monoisotopic (exact) mass is 369 g/mol. The van der Waals surface area contributed by atoms with Crippen LogP contribution in [0.5, 0.6) is 0 Å². The molecule has 1 atom stereocenters. The Morgan fingerprint density at radius 1 is 1.48 bits per heavy atom. The number of halogens is 2. The largest absolute Gasteiger partial charge is 0.338 e. The highest BCUT2D eigenvalue weighted by molar-refractivity contribution is 9.10. The highest BCUT2D eigenvalue weighted by Gasteiger charge is 2.37. The molecule has 112 valence electrons. The normalized spacial score (nSPS) is 22.4. The SMILES string of the molecule is CCC1(c2nc(-c3ccc(Cl)c(Br)c3)no2)CCCNC1. The molecular formula is C15H17BrClN3O. The molecule has 4 nitrogen and oxygen atoms in total. The Kier molecular flexibility index (Phi) is 4.33. The third-order valence-electron chi connectivity index (χ3n) is 4.21. The van der Waals surface area contributed by atoms with Gasteiger partial charge < -0.3 is 9.84 Å². The predicted octanol–water partition coefficient (Wildman–Crippen LogP) is 4.18. The minimum atomic E-state index is -0.0346. The van der Waals surface area contributed by atoms with Gasteiger partial charge in [0.25, 0.3) is 0 Å². The number of nitrogens with zero attached hydrogens (tertiary/aromatic N) is 2. The second-order valence-corrected chi connectivity index (χ2v) is 6.73. The molecule has 0 radical (unpaired) electrons. The smallest absolute Gasteiger partial charge is 0.234 e. The van der Waals surface area contributed by atoms with Crippen molar-refractivity contribution in [3.05, 3.63) is 33.6 Å². The molecule has 6 heteroatoms. The van der Waals surface area contributed by atoms with Gasteiger partial charge in [-0.1, -0.05) is 23.7 Å². The van der Waals surface area contributed by atoms with Crippen LogP contribution in [0.3, 0.4) is 0 Å². The van der Waals surface area contributed by atoms with Crippen LogP contribution < -0.4 is 5.32 Å². The lowest BCUT2D eigenvalue weighted by atomic mass is 9.78. The van der Waals surface area contributed by atoms with E-state index in [0.29, 0.717) is 10.8 Å². The van der Waals surface area contributed by atoms with E-state index in [-0.39, 0.29) is 5.41 Å². The fraction of sp³-hybridized carbons (Fsp3) is 0.467. The van der Waals surface area contributed by atoms with Gasteiger partial charge in [0, 0.05) is 16.6 Å². The minimum absolute atomic E-state index is 0.0346. The molecule has 0 spiro atoms. The number of rotatable bonds is 3.